The number of carbonyl (C=O) groups excluding carboxylic acids is 1. The second-order valence-corrected chi connectivity index (χ2v) is 9.63. The van der Waals surface area contributed by atoms with E-state index in [9.17, 15) is 23.1 Å². The van der Waals surface area contributed by atoms with Crippen LogP contribution in [-0.4, -0.2) is 54.5 Å². The van der Waals surface area contributed by atoms with Gasteiger partial charge in [0.2, 0.25) is 0 Å². The van der Waals surface area contributed by atoms with Gasteiger partial charge in [-0.2, -0.15) is 0 Å². The second-order valence-electron chi connectivity index (χ2n) is 9.63. The number of ether oxygens (including phenoxy) is 2. The quantitative estimate of drug-likeness (QED) is 0.380. The summed E-state index contributed by atoms with van der Waals surface area (Å²) in [7, 11) is 1.50. The number of aromatic nitrogens is 1. The monoisotopic (exact) mass is 546 g/mol. The van der Waals surface area contributed by atoms with E-state index >= 15 is 0 Å². The maximum Gasteiger partial charge on any atom is 0.573 e. The van der Waals surface area contributed by atoms with Crippen LogP contribution in [0.15, 0.2) is 53.1 Å². The number of piperidine rings is 1. The third kappa shape index (κ3) is 6.12. The maximum absolute atomic E-state index is 14.0. The van der Waals surface area contributed by atoms with Gasteiger partial charge in [-0.05, 0) is 55.9 Å². The van der Waals surface area contributed by atoms with E-state index < -0.39 is 18.1 Å². The summed E-state index contributed by atoms with van der Waals surface area (Å²) in [5.74, 6) is 0.575. The molecule has 2 N–H and O–H groups in total. The molecule has 0 unspecified atom stereocenters. The van der Waals surface area contributed by atoms with Gasteiger partial charge in [0.1, 0.15) is 22.9 Å². The van der Waals surface area contributed by atoms with Crippen LogP contribution in [0.3, 0.4) is 0 Å². The highest BCUT2D eigenvalue weighted by atomic mass is 19.4. The average Bonchev–Trinajstić information content (AvgIpc) is 3.68. The van der Waals surface area contributed by atoms with Crippen molar-refractivity contribution in [2.24, 2.45) is 5.92 Å². The Labute approximate surface area is 223 Å². The summed E-state index contributed by atoms with van der Waals surface area (Å²) in [6, 6.07) is 11.9. The van der Waals surface area contributed by atoms with Crippen LogP contribution in [0.4, 0.5) is 29.3 Å². The van der Waals surface area contributed by atoms with Crippen LogP contribution < -0.4 is 19.8 Å². The third-order valence-electron chi connectivity index (χ3n) is 6.87. The van der Waals surface area contributed by atoms with Gasteiger partial charge in [0.15, 0.2) is 5.76 Å². The molecule has 1 aliphatic carbocycles. The largest absolute Gasteiger partial charge is 0.573 e. The number of hydrazine groups is 1. The van der Waals surface area contributed by atoms with Gasteiger partial charge in [0, 0.05) is 37.2 Å². The Morgan fingerprint density at radius 2 is 1.90 bits per heavy atom. The minimum Gasteiger partial charge on any atom is -0.497 e. The fraction of sp³-hybridized carbons (Fsp3) is 0.407. The Hall–Kier alpha value is -3.77. The first-order chi connectivity index (χ1) is 18.8. The Kier molecular flexibility index (Phi) is 7.67. The van der Waals surface area contributed by atoms with E-state index in [1.807, 2.05) is 0 Å². The summed E-state index contributed by atoms with van der Waals surface area (Å²) in [6.45, 7) is 1.17. The Morgan fingerprint density at radius 3 is 2.56 bits per heavy atom. The number of urea groups is 1. The second kappa shape index (κ2) is 11.1. The molecule has 2 aliphatic rings. The van der Waals surface area contributed by atoms with Crippen molar-refractivity contribution >= 4 is 17.4 Å². The molecule has 3 aromatic rings. The number of methoxy groups -OCH3 is 1. The predicted molar refractivity (Wildman–Crippen MR) is 136 cm³/mol. The molecule has 2 amide bonds. The standard InChI is InChI=1S/C27H29F3N4O5/c1-37-20-6-4-5-19(15-20)34(26(36)31-33-13-11-17(16-35)12-14-33)24-23(32-39-25(24)18-9-10-18)21-7-2-3-8-22(21)38-27(28,29)30/h2-8,15,17-18,35H,9-14,16H2,1H3,(H,31,36). The van der Waals surface area contributed by atoms with Crippen LogP contribution in [-0.2, 0) is 0 Å². The highest BCUT2D eigenvalue weighted by molar-refractivity contribution is 6.03. The number of nitrogens with one attached hydrogen (secondary N) is 1. The fourth-order valence-corrected chi connectivity index (χ4v) is 4.69. The van der Waals surface area contributed by atoms with Crippen LogP contribution in [0.5, 0.6) is 11.5 Å². The zero-order valence-corrected chi connectivity index (χ0v) is 21.3. The number of para-hydroxylation sites is 1. The minimum atomic E-state index is -4.93. The number of hydrogen-bond donors (Lipinski definition) is 2. The zero-order chi connectivity index (χ0) is 27.6. The highest BCUT2D eigenvalue weighted by Gasteiger charge is 2.39. The maximum atomic E-state index is 14.0. The average molecular weight is 547 g/mol. The molecule has 1 saturated heterocycles. The van der Waals surface area contributed by atoms with Gasteiger partial charge in [0.25, 0.3) is 0 Å². The topological polar surface area (TPSA) is 100 Å². The van der Waals surface area contributed by atoms with E-state index in [-0.39, 0.29) is 35.4 Å². The van der Waals surface area contributed by atoms with Gasteiger partial charge < -0.3 is 19.1 Å². The molecule has 1 aliphatic heterocycles. The molecule has 1 aromatic heterocycles. The Bertz CT molecular complexity index is 1300. The van der Waals surface area contributed by atoms with Crippen molar-refractivity contribution in [1.29, 1.82) is 0 Å². The number of aliphatic hydroxyl groups excluding tert-OH is 1. The summed E-state index contributed by atoms with van der Waals surface area (Å²) in [6.07, 6.45) is -1.91. The SMILES string of the molecule is COc1cccc(N(C(=O)NN2CCC(CO)CC2)c2c(-c3ccccc3OC(F)(F)F)noc2C2CC2)c1. The number of carbonyl (C=O) groups is 1. The van der Waals surface area contributed by atoms with E-state index in [4.69, 9.17) is 9.26 Å². The predicted octanol–water partition coefficient (Wildman–Crippen LogP) is 5.59. The molecule has 0 atom stereocenters. The highest BCUT2D eigenvalue weighted by Crippen LogP contribution is 2.50. The fourth-order valence-electron chi connectivity index (χ4n) is 4.69. The first kappa shape index (κ1) is 26.8. The van der Waals surface area contributed by atoms with Crippen molar-refractivity contribution in [3.05, 3.63) is 54.3 Å². The van der Waals surface area contributed by atoms with Crippen molar-refractivity contribution in [2.75, 3.05) is 31.7 Å². The number of benzene rings is 2. The number of hydrogen-bond acceptors (Lipinski definition) is 7. The van der Waals surface area contributed by atoms with Crippen LogP contribution in [0.1, 0.15) is 37.4 Å². The molecule has 12 heteroatoms. The summed E-state index contributed by atoms with van der Waals surface area (Å²) >= 11 is 0. The molecule has 0 radical (unpaired) electrons. The number of anilines is 2. The van der Waals surface area contributed by atoms with E-state index in [0.29, 0.717) is 43.1 Å². The third-order valence-corrected chi connectivity index (χ3v) is 6.87. The molecular weight excluding hydrogens is 517 g/mol. The molecule has 2 aromatic carbocycles. The number of aliphatic hydroxyl groups is 1. The minimum absolute atomic E-state index is 0.0295. The van der Waals surface area contributed by atoms with Gasteiger partial charge in [-0.1, -0.05) is 23.4 Å². The van der Waals surface area contributed by atoms with Gasteiger partial charge in [-0.25, -0.2) is 9.80 Å². The van der Waals surface area contributed by atoms with Crippen LogP contribution >= 0.6 is 0 Å². The summed E-state index contributed by atoms with van der Waals surface area (Å²) in [5, 5.41) is 15.4. The molecule has 0 spiro atoms. The number of alkyl halides is 3. The molecule has 208 valence electrons. The lowest BCUT2D eigenvalue weighted by molar-refractivity contribution is -0.274. The lowest BCUT2D eigenvalue weighted by atomic mass is 9.99. The van der Waals surface area contributed by atoms with E-state index in [0.717, 1.165) is 12.8 Å². The normalized spacial score (nSPS) is 16.6. The lowest BCUT2D eigenvalue weighted by Crippen LogP contribution is -2.51. The smallest absolute Gasteiger partial charge is 0.497 e. The summed E-state index contributed by atoms with van der Waals surface area (Å²) in [4.78, 5) is 15.3. The van der Waals surface area contributed by atoms with Crippen molar-refractivity contribution in [1.82, 2.24) is 15.6 Å². The number of rotatable bonds is 8. The van der Waals surface area contributed by atoms with Crippen molar-refractivity contribution in [2.45, 2.75) is 38.0 Å². The van der Waals surface area contributed by atoms with Gasteiger partial charge in [-0.3, -0.25) is 10.3 Å². The van der Waals surface area contributed by atoms with E-state index in [2.05, 4.69) is 15.3 Å². The molecule has 9 nitrogen and oxygen atoms in total. The summed E-state index contributed by atoms with van der Waals surface area (Å²) in [5.41, 5.74) is 3.66. The molecule has 0 bridgehead atoms. The molecule has 1 saturated carbocycles. The molecule has 2 fully saturated rings. The Balaban J connectivity index is 1.60. The number of amides is 2. The molecule has 39 heavy (non-hydrogen) atoms. The van der Waals surface area contributed by atoms with Crippen molar-refractivity contribution in [3.8, 4) is 22.8 Å². The molecular formula is C27H29F3N4O5. The van der Waals surface area contributed by atoms with Crippen molar-refractivity contribution in [3.63, 3.8) is 0 Å². The van der Waals surface area contributed by atoms with E-state index in [1.165, 1.54) is 30.2 Å². The van der Waals surface area contributed by atoms with Crippen LogP contribution in [0.2, 0.25) is 0 Å². The van der Waals surface area contributed by atoms with Crippen LogP contribution in [0, 0.1) is 5.92 Å². The van der Waals surface area contributed by atoms with Crippen molar-refractivity contribution < 1.29 is 37.1 Å². The number of nitrogens with zero attached hydrogens (tertiary/aromatic N) is 3. The Morgan fingerprint density at radius 1 is 1.15 bits per heavy atom. The molecule has 2 heterocycles. The van der Waals surface area contributed by atoms with Gasteiger partial charge in [0.05, 0.1) is 12.8 Å². The number of halogens is 3. The molecule has 5 rings (SSSR count). The van der Waals surface area contributed by atoms with E-state index in [1.54, 1.807) is 35.3 Å². The van der Waals surface area contributed by atoms with Crippen LogP contribution in [0.25, 0.3) is 11.3 Å². The van der Waals surface area contributed by atoms with Gasteiger partial charge in [-0.15, -0.1) is 13.2 Å². The first-order valence-corrected chi connectivity index (χ1v) is 12.7. The first-order valence-electron chi connectivity index (χ1n) is 12.7. The summed E-state index contributed by atoms with van der Waals surface area (Å²) < 4.78 is 55.2. The lowest BCUT2D eigenvalue weighted by Gasteiger charge is -2.33. The van der Waals surface area contributed by atoms with Gasteiger partial charge >= 0.3 is 12.4 Å². The zero-order valence-electron chi connectivity index (χ0n) is 21.3.